The topological polar surface area (TPSA) is 29.5 Å². The molecule has 3 nitrogen and oxygen atoms in total. The van der Waals surface area contributed by atoms with E-state index in [2.05, 4.69) is 15.9 Å². The van der Waals surface area contributed by atoms with Gasteiger partial charge in [0.05, 0.1) is 17.6 Å². The molecule has 0 N–H and O–H groups in total. The van der Waals surface area contributed by atoms with Crippen molar-refractivity contribution in [1.82, 2.24) is 4.90 Å². The van der Waals surface area contributed by atoms with Crippen LogP contribution in [-0.4, -0.2) is 41.9 Å². The summed E-state index contributed by atoms with van der Waals surface area (Å²) < 4.78 is 5.49. The first-order chi connectivity index (χ1) is 7.31. The van der Waals surface area contributed by atoms with Gasteiger partial charge in [-0.3, -0.25) is 4.79 Å². The molecule has 1 saturated heterocycles. The molecule has 2 heterocycles. The highest BCUT2D eigenvalue weighted by Crippen LogP contribution is 2.15. The standard InChI is InChI=1S/C10H12BrNO2S/c11-6-8-7-12(3-4-14-8)10(13)9-2-1-5-15-9/h1-2,5,8H,3-4,6-7H2. The van der Waals surface area contributed by atoms with Gasteiger partial charge in [0.2, 0.25) is 0 Å². The average molecular weight is 290 g/mol. The number of rotatable bonds is 2. The van der Waals surface area contributed by atoms with E-state index >= 15 is 0 Å². The largest absolute Gasteiger partial charge is 0.374 e. The molecule has 1 aliphatic heterocycles. The molecule has 1 aromatic rings. The van der Waals surface area contributed by atoms with Crippen molar-refractivity contribution in [2.45, 2.75) is 6.10 Å². The van der Waals surface area contributed by atoms with Gasteiger partial charge >= 0.3 is 0 Å². The van der Waals surface area contributed by atoms with E-state index < -0.39 is 0 Å². The number of thiophene rings is 1. The minimum absolute atomic E-state index is 0.124. The second kappa shape index (κ2) is 5.09. The first-order valence-electron chi connectivity index (χ1n) is 4.81. The number of ether oxygens (including phenoxy) is 1. The minimum Gasteiger partial charge on any atom is -0.374 e. The molecule has 1 aromatic heterocycles. The summed E-state index contributed by atoms with van der Waals surface area (Å²) in [6.07, 6.45) is 0.127. The third kappa shape index (κ3) is 2.59. The van der Waals surface area contributed by atoms with Gasteiger partial charge in [-0.1, -0.05) is 22.0 Å². The molecular formula is C10H12BrNO2S. The molecule has 0 saturated carbocycles. The Morgan fingerprint density at radius 1 is 1.73 bits per heavy atom. The lowest BCUT2D eigenvalue weighted by molar-refractivity contribution is -0.00945. The zero-order valence-corrected chi connectivity index (χ0v) is 10.6. The van der Waals surface area contributed by atoms with Crippen LogP contribution in [0.2, 0.25) is 0 Å². The monoisotopic (exact) mass is 289 g/mol. The van der Waals surface area contributed by atoms with E-state index in [0.29, 0.717) is 19.7 Å². The van der Waals surface area contributed by atoms with Gasteiger partial charge in [0.15, 0.2) is 0 Å². The maximum absolute atomic E-state index is 12.0. The maximum Gasteiger partial charge on any atom is 0.264 e. The fraction of sp³-hybridized carbons (Fsp3) is 0.500. The van der Waals surface area contributed by atoms with E-state index in [1.807, 2.05) is 22.4 Å². The molecule has 2 rings (SSSR count). The predicted octanol–water partition coefficient (Wildman–Crippen LogP) is 1.98. The Labute approximate surface area is 101 Å². The normalized spacial score (nSPS) is 21.7. The fourth-order valence-electron chi connectivity index (χ4n) is 1.55. The van der Waals surface area contributed by atoms with Crippen LogP contribution in [0.15, 0.2) is 17.5 Å². The second-order valence-corrected chi connectivity index (χ2v) is 4.97. The number of morpholine rings is 1. The smallest absolute Gasteiger partial charge is 0.264 e. The Hall–Kier alpha value is -0.390. The van der Waals surface area contributed by atoms with Crippen molar-refractivity contribution in [3.05, 3.63) is 22.4 Å². The molecule has 15 heavy (non-hydrogen) atoms. The molecular weight excluding hydrogens is 278 g/mol. The van der Waals surface area contributed by atoms with E-state index in [0.717, 1.165) is 10.2 Å². The number of nitrogens with zero attached hydrogens (tertiary/aromatic N) is 1. The van der Waals surface area contributed by atoms with Gasteiger partial charge in [-0.25, -0.2) is 0 Å². The fourth-order valence-corrected chi connectivity index (χ4v) is 2.64. The van der Waals surface area contributed by atoms with E-state index in [4.69, 9.17) is 4.74 Å². The van der Waals surface area contributed by atoms with Gasteiger partial charge in [-0.05, 0) is 11.4 Å². The number of hydrogen-bond acceptors (Lipinski definition) is 3. The molecule has 82 valence electrons. The summed E-state index contributed by atoms with van der Waals surface area (Å²) in [6, 6.07) is 3.77. The zero-order valence-electron chi connectivity index (χ0n) is 8.19. The van der Waals surface area contributed by atoms with Crippen molar-refractivity contribution in [2.24, 2.45) is 0 Å². The van der Waals surface area contributed by atoms with Crippen molar-refractivity contribution in [3.63, 3.8) is 0 Å². The van der Waals surface area contributed by atoms with Crippen LogP contribution in [0.25, 0.3) is 0 Å². The number of alkyl halides is 1. The van der Waals surface area contributed by atoms with Crippen LogP contribution in [0, 0.1) is 0 Å². The van der Waals surface area contributed by atoms with Gasteiger partial charge in [0, 0.05) is 18.4 Å². The molecule has 1 unspecified atom stereocenters. The first-order valence-corrected chi connectivity index (χ1v) is 6.81. The van der Waals surface area contributed by atoms with Crippen LogP contribution in [0.1, 0.15) is 9.67 Å². The van der Waals surface area contributed by atoms with Crippen LogP contribution in [0.3, 0.4) is 0 Å². The summed E-state index contributed by atoms with van der Waals surface area (Å²) in [5.74, 6) is 0.124. The number of carbonyl (C=O) groups excluding carboxylic acids is 1. The quantitative estimate of drug-likeness (QED) is 0.780. The molecule has 0 bridgehead atoms. The van der Waals surface area contributed by atoms with Crippen molar-refractivity contribution < 1.29 is 9.53 Å². The van der Waals surface area contributed by atoms with E-state index in [1.165, 1.54) is 11.3 Å². The number of carbonyl (C=O) groups is 1. The average Bonchev–Trinajstić information content (AvgIpc) is 2.81. The Bertz CT molecular complexity index is 328. The van der Waals surface area contributed by atoms with Gasteiger partial charge in [-0.15, -0.1) is 11.3 Å². The zero-order chi connectivity index (χ0) is 10.7. The predicted molar refractivity (Wildman–Crippen MR) is 63.8 cm³/mol. The second-order valence-electron chi connectivity index (χ2n) is 3.38. The Kier molecular flexibility index (Phi) is 3.77. The highest BCUT2D eigenvalue weighted by Gasteiger charge is 2.24. The van der Waals surface area contributed by atoms with Gasteiger partial charge in [0.1, 0.15) is 0 Å². The highest BCUT2D eigenvalue weighted by atomic mass is 79.9. The van der Waals surface area contributed by atoms with Crippen LogP contribution < -0.4 is 0 Å². The molecule has 1 fully saturated rings. The molecule has 1 atom stereocenters. The van der Waals surface area contributed by atoms with E-state index in [9.17, 15) is 4.79 Å². The Morgan fingerprint density at radius 2 is 2.60 bits per heavy atom. The van der Waals surface area contributed by atoms with Crippen molar-refractivity contribution in [2.75, 3.05) is 25.0 Å². The Balaban J connectivity index is 2.01. The van der Waals surface area contributed by atoms with Crippen LogP contribution in [0.5, 0.6) is 0 Å². The molecule has 5 heteroatoms. The van der Waals surface area contributed by atoms with Crippen molar-refractivity contribution in [3.8, 4) is 0 Å². The minimum atomic E-state index is 0.124. The summed E-state index contributed by atoms with van der Waals surface area (Å²) in [6.45, 7) is 2.01. The molecule has 0 aromatic carbocycles. The number of hydrogen-bond donors (Lipinski definition) is 0. The molecule has 1 aliphatic rings. The van der Waals surface area contributed by atoms with Crippen molar-refractivity contribution >= 4 is 33.2 Å². The molecule has 0 radical (unpaired) electrons. The number of halogens is 1. The summed E-state index contributed by atoms with van der Waals surface area (Å²) in [5.41, 5.74) is 0. The summed E-state index contributed by atoms with van der Waals surface area (Å²) in [7, 11) is 0. The molecule has 0 aliphatic carbocycles. The third-order valence-corrected chi connectivity index (χ3v) is 3.91. The lowest BCUT2D eigenvalue weighted by Crippen LogP contribution is -2.46. The lowest BCUT2D eigenvalue weighted by atomic mass is 10.3. The van der Waals surface area contributed by atoms with Gasteiger partial charge < -0.3 is 9.64 Å². The molecule has 1 amide bonds. The maximum atomic E-state index is 12.0. The highest BCUT2D eigenvalue weighted by molar-refractivity contribution is 9.09. The number of amides is 1. The third-order valence-electron chi connectivity index (χ3n) is 2.33. The van der Waals surface area contributed by atoms with Crippen LogP contribution in [-0.2, 0) is 4.74 Å². The van der Waals surface area contributed by atoms with Gasteiger partial charge in [0.25, 0.3) is 5.91 Å². The van der Waals surface area contributed by atoms with Gasteiger partial charge in [-0.2, -0.15) is 0 Å². The van der Waals surface area contributed by atoms with Crippen LogP contribution in [0.4, 0.5) is 0 Å². The van der Waals surface area contributed by atoms with Crippen LogP contribution >= 0.6 is 27.3 Å². The lowest BCUT2D eigenvalue weighted by Gasteiger charge is -2.31. The summed E-state index contributed by atoms with van der Waals surface area (Å²) >= 11 is 4.87. The van der Waals surface area contributed by atoms with E-state index in [1.54, 1.807) is 0 Å². The Morgan fingerprint density at radius 3 is 3.27 bits per heavy atom. The SMILES string of the molecule is O=C(c1cccs1)N1CCOC(CBr)C1. The summed E-state index contributed by atoms with van der Waals surface area (Å²) in [4.78, 5) is 14.7. The molecule has 0 spiro atoms. The van der Waals surface area contributed by atoms with E-state index in [-0.39, 0.29) is 12.0 Å². The summed E-state index contributed by atoms with van der Waals surface area (Å²) in [5, 5.41) is 2.71. The first kappa shape index (κ1) is 11.1. The van der Waals surface area contributed by atoms with Crippen molar-refractivity contribution in [1.29, 1.82) is 0 Å².